The van der Waals surface area contributed by atoms with Gasteiger partial charge in [-0.1, -0.05) is 54.7 Å². The summed E-state index contributed by atoms with van der Waals surface area (Å²) in [5, 5.41) is 3.02. The Hall–Kier alpha value is -1.51. The van der Waals surface area contributed by atoms with E-state index in [4.69, 9.17) is 4.74 Å². The molecule has 0 bridgehead atoms. The highest BCUT2D eigenvalue weighted by Crippen LogP contribution is 2.13. The summed E-state index contributed by atoms with van der Waals surface area (Å²) in [6.07, 6.45) is 3.21. The van der Waals surface area contributed by atoms with Crippen molar-refractivity contribution in [3.05, 3.63) is 36.8 Å². The van der Waals surface area contributed by atoms with Crippen LogP contribution in [0.15, 0.2) is 36.8 Å². The normalized spacial score (nSPS) is 15.6. The first-order chi connectivity index (χ1) is 9.19. The smallest absolute Gasteiger partial charge is 0.155 e. The molecular formula is C16H33NO2. The Labute approximate surface area is 120 Å². The van der Waals surface area contributed by atoms with Gasteiger partial charge in [-0.15, -0.1) is 0 Å². The molecule has 3 heteroatoms. The van der Waals surface area contributed by atoms with Crippen LogP contribution >= 0.6 is 0 Å². The molecule has 1 aliphatic rings. The van der Waals surface area contributed by atoms with Gasteiger partial charge in [0.15, 0.2) is 5.78 Å². The Kier molecular flexibility index (Phi) is 19.7. The number of hydrogen-bond donors (Lipinski definition) is 1. The van der Waals surface area contributed by atoms with Crippen molar-refractivity contribution in [2.75, 3.05) is 6.61 Å². The highest BCUT2D eigenvalue weighted by atomic mass is 16.5. The lowest BCUT2D eigenvalue weighted by Crippen LogP contribution is -2.42. The summed E-state index contributed by atoms with van der Waals surface area (Å²) >= 11 is 0. The van der Waals surface area contributed by atoms with Crippen LogP contribution in [0.4, 0.5) is 0 Å². The second-order valence-electron chi connectivity index (χ2n) is 2.80. The molecule has 19 heavy (non-hydrogen) atoms. The number of Topliss-reactive ketones (excluding diaryl/α,β-unsaturated/α-hetero) is 1. The maximum Gasteiger partial charge on any atom is 0.155 e. The summed E-state index contributed by atoms with van der Waals surface area (Å²) in [6, 6.07) is -0.267. The molecule has 0 aromatic carbocycles. The summed E-state index contributed by atoms with van der Waals surface area (Å²) in [5.74, 6) is 0.704. The van der Waals surface area contributed by atoms with Crippen molar-refractivity contribution < 1.29 is 11.0 Å². The first kappa shape index (κ1) is 22.7. The highest BCUT2D eigenvalue weighted by Gasteiger charge is 2.21. The minimum absolute atomic E-state index is 0. The largest absolute Gasteiger partial charge is 0.489 e. The molecule has 1 atom stereocenters. The molecule has 0 aromatic heterocycles. The first-order valence-corrected chi connectivity index (χ1v) is 7.08. The Bertz CT molecular complexity index is 286. The van der Waals surface area contributed by atoms with E-state index in [0.29, 0.717) is 12.4 Å². The lowest BCUT2D eigenvalue weighted by molar-refractivity contribution is -0.120. The molecule has 1 rings (SSSR count). The SMILES string of the molecule is C=CC1=C(C=C)OCC(C(C)=O)N1.CC.CC.CC.[HH]. The Balaban J connectivity index is -0.000000162. The summed E-state index contributed by atoms with van der Waals surface area (Å²) in [7, 11) is 0. The lowest BCUT2D eigenvalue weighted by Gasteiger charge is -2.25. The molecule has 0 saturated carbocycles. The van der Waals surface area contributed by atoms with E-state index in [1.807, 2.05) is 41.5 Å². The van der Waals surface area contributed by atoms with Gasteiger partial charge < -0.3 is 10.1 Å². The predicted octanol–water partition coefficient (Wildman–Crippen LogP) is 4.47. The number of carbonyl (C=O) groups is 1. The van der Waals surface area contributed by atoms with Gasteiger partial charge in [-0.25, -0.2) is 0 Å². The van der Waals surface area contributed by atoms with Crippen molar-refractivity contribution in [1.29, 1.82) is 0 Å². The van der Waals surface area contributed by atoms with Crippen molar-refractivity contribution in [3.8, 4) is 0 Å². The number of carbonyl (C=O) groups excluding carboxylic acids is 1. The fourth-order valence-electron chi connectivity index (χ4n) is 1.10. The third-order valence-electron chi connectivity index (χ3n) is 1.88. The average molecular weight is 271 g/mol. The standard InChI is InChI=1S/C10H13NO2.3C2H6.H2/c1-4-8-10(5-2)13-6-9(11-8)7(3)12;3*1-2;/h4-5,9,11H,1-2,6H2,3H3;3*1-2H3;1H. The maximum atomic E-state index is 11.0. The van der Waals surface area contributed by atoms with E-state index in [-0.39, 0.29) is 13.3 Å². The molecule has 1 heterocycles. The van der Waals surface area contributed by atoms with Crippen LogP contribution < -0.4 is 5.32 Å². The second-order valence-corrected chi connectivity index (χ2v) is 2.80. The van der Waals surface area contributed by atoms with Gasteiger partial charge in [0.25, 0.3) is 0 Å². The Morgan fingerprint density at radius 1 is 1.21 bits per heavy atom. The van der Waals surface area contributed by atoms with E-state index in [2.05, 4.69) is 18.5 Å². The minimum atomic E-state index is -0.267. The molecule has 0 spiro atoms. The summed E-state index contributed by atoms with van der Waals surface area (Å²) < 4.78 is 5.31. The second kappa shape index (κ2) is 16.5. The summed E-state index contributed by atoms with van der Waals surface area (Å²) in [5.41, 5.74) is 0.724. The molecule has 0 fully saturated rings. The van der Waals surface area contributed by atoms with Gasteiger partial charge in [-0.3, -0.25) is 4.79 Å². The molecule has 0 amide bonds. The third kappa shape index (κ3) is 9.11. The lowest BCUT2D eigenvalue weighted by atomic mass is 10.1. The number of ketones is 1. The molecule has 1 unspecified atom stereocenters. The summed E-state index contributed by atoms with van der Waals surface area (Å²) in [4.78, 5) is 11.0. The van der Waals surface area contributed by atoms with Gasteiger partial charge in [-0.2, -0.15) is 0 Å². The van der Waals surface area contributed by atoms with E-state index >= 15 is 0 Å². The number of allylic oxidation sites excluding steroid dienone is 2. The van der Waals surface area contributed by atoms with Gasteiger partial charge >= 0.3 is 0 Å². The van der Waals surface area contributed by atoms with Crippen LogP contribution in [0.5, 0.6) is 0 Å². The zero-order valence-electron chi connectivity index (χ0n) is 13.7. The van der Waals surface area contributed by atoms with Crippen molar-refractivity contribution in [1.82, 2.24) is 5.32 Å². The number of ether oxygens (including phenoxy) is 1. The van der Waals surface area contributed by atoms with Crippen molar-refractivity contribution in [3.63, 3.8) is 0 Å². The van der Waals surface area contributed by atoms with Gasteiger partial charge in [0, 0.05) is 1.43 Å². The van der Waals surface area contributed by atoms with Gasteiger partial charge in [0.1, 0.15) is 18.4 Å². The molecule has 3 nitrogen and oxygen atoms in total. The predicted molar refractivity (Wildman–Crippen MR) is 87.1 cm³/mol. The molecule has 114 valence electrons. The average Bonchev–Trinajstić information content (AvgIpc) is 2.52. The van der Waals surface area contributed by atoms with Crippen LogP contribution in [-0.2, 0) is 9.53 Å². The van der Waals surface area contributed by atoms with Crippen LogP contribution in [0.3, 0.4) is 0 Å². The monoisotopic (exact) mass is 271 g/mol. The molecule has 1 aliphatic heterocycles. The van der Waals surface area contributed by atoms with E-state index in [9.17, 15) is 4.79 Å². The molecule has 0 aliphatic carbocycles. The van der Waals surface area contributed by atoms with Crippen molar-refractivity contribution in [2.45, 2.75) is 54.5 Å². The van der Waals surface area contributed by atoms with Gasteiger partial charge in [-0.05, 0) is 19.1 Å². The molecule has 0 aromatic rings. The maximum absolute atomic E-state index is 11.0. The van der Waals surface area contributed by atoms with E-state index in [1.54, 1.807) is 12.2 Å². The van der Waals surface area contributed by atoms with Crippen LogP contribution in [0.2, 0.25) is 0 Å². The molecular weight excluding hydrogens is 238 g/mol. The fraction of sp³-hybridized carbons (Fsp3) is 0.562. The van der Waals surface area contributed by atoms with Crippen LogP contribution in [0.1, 0.15) is 49.9 Å². The quantitative estimate of drug-likeness (QED) is 0.823. The molecule has 0 radical (unpaired) electrons. The fourth-order valence-corrected chi connectivity index (χ4v) is 1.10. The molecule has 1 N–H and O–H groups in total. The van der Waals surface area contributed by atoms with Gasteiger partial charge in [0.05, 0.1) is 5.70 Å². The number of hydrogen-bond acceptors (Lipinski definition) is 3. The minimum Gasteiger partial charge on any atom is -0.489 e. The Morgan fingerprint density at radius 2 is 1.68 bits per heavy atom. The van der Waals surface area contributed by atoms with Crippen LogP contribution in [0, 0.1) is 0 Å². The highest BCUT2D eigenvalue weighted by molar-refractivity contribution is 5.82. The van der Waals surface area contributed by atoms with E-state index in [0.717, 1.165) is 5.70 Å². The van der Waals surface area contributed by atoms with Crippen molar-refractivity contribution >= 4 is 5.78 Å². The third-order valence-corrected chi connectivity index (χ3v) is 1.88. The molecule has 0 saturated heterocycles. The van der Waals surface area contributed by atoms with E-state index < -0.39 is 0 Å². The van der Waals surface area contributed by atoms with E-state index in [1.165, 1.54) is 6.92 Å². The Morgan fingerprint density at radius 3 is 2.00 bits per heavy atom. The zero-order chi connectivity index (χ0) is 15.8. The topological polar surface area (TPSA) is 38.3 Å². The van der Waals surface area contributed by atoms with Crippen LogP contribution in [-0.4, -0.2) is 18.4 Å². The van der Waals surface area contributed by atoms with Crippen molar-refractivity contribution in [2.24, 2.45) is 0 Å². The zero-order valence-corrected chi connectivity index (χ0v) is 13.7. The first-order valence-electron chi connectivity index (χ1n) is 7.08. The van der Waals surface area contributed by atoms with Gasteiger partial charge in [0.2, 0.25) is 0 Å². The summed E-state index contributed by atoms with van der Waals surface area (Å²) in [6.45, 7) is 21.1. The number of rotatable bonds is 3. The number of nitrogens with one attached hydrogen (secondary N) is 1. The van der Waals surface area contributed by atoms with Crippen LogP contribution in [0.25, 0.3) is 0 Å².